The number of hydrogen-bond acceptors (Lipinski definition) is 8. The Morgan fingerprint density at radius 1 is 1.14 bits per heavy atom. The van der Waals surface area contributed by atoms with Gasteiger partial charge in [0, 0.05) is 37.3 Å². The van der Waals surface area contributed by atoms with Gasteiger partial charge in [0.25, 0.3) is 5.56 Å². The summed E-state index contributed by atoms with van der Waals surface area (Å²) in [5, 5.41) is 13.3. The lowest BCUT2D eigenvalue weighted by Gasteiger charge is -2.28. The molecule has 10 nitrogen and oxygen atoms in total. The number of H-pyrrole nitrogens is 1. The van der Waals surface area contributed by atoms with Crippen LogP contribution < -0.4 is 5.56 Å². The van der Waals surface area contributed by atoms with E-state index in [1.807, 2.05) is 30.3 Å². The molecule has 5 rings (SSSR count). The van der Waals surface area contributed by atoms with Crippen LogP contribution in [0.15, 0.2) is 51.9 Å². The fraction of sp³-hybridized carbons (Fsp3) is 0.440. The van der Waals surface area contributed by atoms with Gasteiger partial charge in [0.1, 0.15) is 12.3 Å². The molecule has 0 saturated carbocycles. The fourth-order valence-corrected chi connectivity index (χ4v) is 4.50. The van der Waals surface area contributed by atoms with Crippen LogP contribution in [0.3, 0.4) is 0 Å². The molecule has 1 fully saturated rings. The number of tetrazole rings is 1. The van der Waals surface area contributed by atoms with Gasteiger partial charge in [-0.25, -0.2) is 4.68 Å². The van der Waals surface area contributed by atoms with E-state index in [1.165, 1.54) is 0 Å². The predicted octanol–water partition coefficient (Wildman–Crippen LogP) is 2.19. The van der Waals surface area contributed by atoms with Crippen LogP contribution in [0.4, 0.5) is 0 Å². The third-order valence-corrected chi connectivity index (χ3v) is 6.38. The summed E-state index contributed by atoms with van der Waals surface area (Å²) in [5.74, 6) is 1.53. The van der Waals surface area contributed by atoms with Gasteiger partial charge < -0.3 is 14.1 Å². The second kappa shape index (κ2) is 10.9. The Morgan fingerprint density at radius 3 is 2.86 bits per heavy atom. The number of nitrogens with one attached hydrogen (secondary N) is 1. The highest BCUT2D eigenvalue weighted by molar-refractivity contribution is 5.79. The summed E-state index contributed by atoms with van der Waals surface area (Å²) in [7, 11) is 0. The number of pyridine rings is 1. The van der Waals surface area contributed by atoms with E-state index in [9.17, 15) is 4.79 Å². The van der Waals surface area contributed by atoms with E-state index in [4.69, 9.17) is 9.15 Å². The van der Waals surface area contributed by atoms with Crippen molar-refractivity contribution in [3.05, 3.63) is 75.7 Å². The zero-order valence-corrected chi connectivity index (χ0v) is 20.0. The number of ether oxygens (including phenoxy) is 1. The Labute approximate surface area is 203 Å². The number of nitrogens with zero attached hydrogens (tertiary/aromatic N) is 6. The van der Waals surface area contributed by atoms with Crippen LogP contribution in [0.2, 0.25) is 0 Å². The van der Waals surface area contributed by atoms with Crippen molar-refractivity contribution in [2.45, 2.75) is 33.0 Å². The predicted molar refractivity (Wildman–Crippen MR) is 131 cm³/mol. The molecule has 0 bridgehead atoms. The average molecular weight is 478 g/mol. The maximum atomic E-state index is 12.9. The first kappa shape index (κ1) is 23.4. The van der Waals surface area contributed by atoms with Crippen molar-refractivity contribution < 1.29 is 9.15 Å². The largest absolute Gasteiger partial charge is 0.467 e. The van der Waals surface area contributed by atoms with Crippen molar-refractivity contribution in [2.24, 2.45) is 0 Å². The molecule has 35 heavy (non-hydrogen) atoms. The SMILES string of the molecule is Cc1ccc2[nH]c(=O)c(CN(CCCN3CCOCC3)Cc3nnnn3Cc3ccco3)cc2c1. The Kier molecular flexibility index (Phi) is 7.31. The maximum absolute atomic E-state index is 12.9. The monoisotopic (exact) mass is 477 g/mol. The molecule has 0 atom stereocenters. The summed E-state index contributed by atoms with van der Waals surface area (Å²) in [6.07, 6.45) is 2.62. The number of aromatic amines is 1. The smallest absolute Gasteiger partial charge is 0.252 e. The average Bonchev–Trinajstić information content (AvgIpc) is 3.53. The summed E-state index contributed by atoms with van der Waals surface area (Å²) >= 11 is 0. The lowest BCUT2D eigenvalue weighted by atomic mass is 10.1. The van der Waals surface area contributed by atoms with Crippen LogP contribution >= 0.6 is 0 Å². The molecule has 184 valence electrons. The molecule has 1 N–H and O–H groups in total. The van der Waals surface area contributed by atoms with Crippen LogP contribution in [0.25, 0.3) is 10.9 Å². The third kappa shape index (κ3) is 6.02. The number of furan rings is 1. The van der Waals surface area contributed by atoms with Gasteiger partial charge in [0.05, 0.1) is 26.0 Å². The van der Waals surface area contributed by atoms with Crippen LogP contribution in [-0.2, 0) is 24.4 Å². The van der Waals surface area contributed by atoms with Crippen LogP contribution in [-0.4, -0.2) is 74.4 Å². The minimum Gasteiger partial charge on any atom is -0.467 e. The van der Waals surface area contributed by atoms with Crippen molar-refractivity contribution in [1.82, 2.24) is 35.0 Å². The topological polar surface area (TPSA) is 105 Å². The van der Waals surface area contributed by atoms with Crippen molar-refractivity contribution in [3.8, 4) is 0 Å². The number of fused-ring (bicyclic) bond motifs is 1. The highest BCUT2D eigenvalue weighted by atomic mass is 16.5. The van der Waals surface area contributed by atoms with E-state index in [1.54, 1.807) is 10.9 Å². The summed E-state index contributed by atoms with van der Waals surface area (Å²) in [6, 6.07) is 11.8. The lowest BCUT2D eigenvalue weighted by molar-refractivity contribution is 0.0358. The highest BCUT2D eigenvalue weighted by Crippen LogP contribution is 2.15. The Bertz CT molecular complexity index is 1290. The van der Waals surface area contributed by atoms with Gasteiger partial charge in [-0.2, -0.15) is 0 Å². The maximum Gasteiger partial charge on any atom is 0.252 e. The molecule has 1 aliphatic rings. The zero-order chi connectivity index (χ0) is 24.0. The second-order valence-electron chi connectivity index (χ2n) is 9.06. The minimum absolute atomic E-state index is 0.0605. The van der Waals surface area contributed by atoms with E-state index in [0.29, 0.717) is 19.6 Å². The number of benzene rings is 1. The van der Waals surface area contributed by atoms with Crippen LogP contribution in [0.5, 0.6) is 0 Å². The Morgan fingerprint density at radius 2 is 2.03 bits per heavy atom. The normalized spacial score (nSPS) is 14.8. The van der Waals surface area contributed by atoms with E-state index < -0.39 is 0 Å². The summed E-state index contributed by atoms with van der Waals surface area (Å²) in [6.45, 7) is 8.87. The van der Waals surface area contributed by atoms with Gasteiger partial charge in [-0.1, -0.05) is 11.6 Å². The summed E-state index contributed by atoms with van der Waals surface area (Å²) < 4.78 is 12.7. The van der Waals surface area contributed by atoms with Crippen molar-refractivity contribution in [2.75, 3.05) is 39.4 Å². The van der Waals surface area contributed by atoms with Gasteiger partial charge in [-0.15, -0.1) is 5.10 Å². The first-order valence-electron chi connectivity index (χ1n) is 12.1. The number of aromatic nitrogens is 5. The number of rotatable bonds is 10. The highest BCUT2D eigenvalue weighted by Gasteiger charge is 2.17. The van der Waals surface area contributed by atoms with E-state index in [2.05, 4.69) is 43.3 Å². The number of hydrogen-bond donors (Lipinski definition) is 1. The van der Waals surface area contributed by atoms with Gasteiger partial charge >= 0.3 is 0 Å². The van der Waals surface area contributed by atoms with Crippen molar-refractivity contribution >= 4 is 10.9 Å². The molecule has 3 aromatic heterocycles. The lowest BCUT2D eigenvalue weighted by Crippen LogP contribution is -2.38. The van der Waals surface area contributed by atoms with Crippen molar-refractivity contribution in [3.63, 3.8) is 0 Å². The molecule has 0 amide bonds. The summed E-state index contributed by atoms with van der Waals surface area (Å²) in [4.78, 5) is 20.6. The zero-order valence-electron chi connectivity index (χ0n) is 20.0. The fourth-order valence-electron chi connectivity index (χ4n) is 4.50. The molecule has 1 saturated heterocycles. The molecule has 0 aliphatic carbocycles. The van der Waals surface area contributed by atoms with E-state index in [-0.39, 0.29) is 5.56 Å². The van der Waals surface area contributed by atoms with E-state index in [0.717, 1.165) is 79.4 Å². The molecule has 4 heterocycles. The quantitative estimate of drug-likeness (QED) is 0.371. The first-order chi connectivity index (χ1) is 17.1. The molecule has 0 spiro atoms. The number of morpholine rings is 1. The molecular formula is C25H31N7O3. The minimum atomic E-state index is -0.0605. The van der Waals surface area contributed by atoms with Gasteiger partial charge in [-0.3, -0.25) is 14.6 Å². The third-order valence-electron chi connectivity index (χ3n) is 6.38. The van der Waals surface area contributed by atoms with Crippen LogP contribution in [0, 0.1) is 6.92 Å². The molecule has 0 radical (unpaired) electrons. The Balaban J connectivity index is 1.34. The molecule has 1 aromatic carbocycles. The van der Waals surface area contributed by atoms with Gasteiger partial charge in [0.15, 0.2) is 5.82 Å². The molecule has 4 aromatic rings. The molecule has 10 heteroatoms. The second-order valence-corrected chi connectivity index (χ2v) is 9.06. The first-order valence-corrected chi connectivity index (χ1v) is 12.1. The summed E-state index contributed by atoms with van der Waals surface area (Å²) in [5.41, 5.74) is 2.69. The Hall–Kier alpha value is -3.34. The number of aryl methyl sites for hydroxylation is 1. The van der Waals surface area contributed by atoms with Crippen LogP contribution in [0.1, 0.15) is 29.1 Å². The standard InChI is InChI=1S/C25H31N7O3/c1-19-5-6-23-20(14-19)15-21(25(33)26-23)16-31(8-3-7-30-9-12-34-13-10-30)18-24-27-28-29-32(24)17-22-4-2-11-35-22/h2,4-6,11,14-15H,3,7-10,12-13,16-18H2,1H3,(H,26,33). The van der Waals surface area contributed by atoms with E-state index >= 15 is 0 Å². The van der Waals surface area contributed by atoms with Gasteiger partial charge in [-0.05, 0) is 66.0 Å². The molecule has 0 unspecified atom stereocenters. The molecular weight excluding hydrogens is 446 g/mol. The van der Waals surface area contributed by atoms with Gasteiger partial charge in [0.2, 0.25) is 0 Å². The van der Waals surface area contributed by atoms with Crippen molar-refractivity contribution in [1.29, 1.82) is 0 Å². The molecule has 1 aliphatic heterocycles.